The molecule has 0 spiro atoms. The van der Waals surface area contributed by atoms with E-state index >= 15 is 0 Å². The Morgan fingerprint density at radius 1 is 0.667 bits per heavy atom. The first-order valence-corrected chi connectivity index (χ1v) is 9.12. The molecule has 0 amide bonds. The molecular weight excluding hydrogens is 267 g/mol. The molecule has 0 aromatic heterocycles. The van der Waals surface area contributed by atoms with Gasteiger partial charge in [-0.3, -0.25) is 4.79 Å². The Bertz CT molecular complexity index is 204. The van der Waals surface area contributed by atoms with Gasteiger partial charge in [-0.2, -0.15) is 0 Å². The fourth-order valence-electron chi connectivity index (χ4n) is 2.66. The number of unbranched alkanes of at least 4 members (excludes halogenated alkanes) is 12. The Morgan fingerprint density at radius 3 is 1.43 bits per heavy atom. The van der Waals surface area contributed by atoms with Crippen LogP contribution in [0.15, 0.2) is 0 Å². The first-order valence-electron chi connectivity index (χ1n) is 9.12. The van der Waals surface area contributed by atoms with E-state index in [1.54, 1.807) is 0 Å². The van der Waals surface area contributed by atoms with Crippen molar-refractivity contribution in [1.29, 1.82) is 0 Å². The van der Waals surface area contributed by atoms with Crippen molar-refractivity contribution in [2.75, 3.05) is 0 Å². The molecule has 0 atom stereocenters. The predicted octanol–water partition coefficient (Wildman–Crippen LogP) is 6.00. The van der Waals surface area contributed by atoms with Crippen LogP contribution < -0.4 is 0 Å². The van der Waals surface area contributed by atoms with Gasteiger partial charge in [-0.1, -0.05) is 90.9 Å². The molecule has 0 rings (SSSR count). The van der Waals surface area contributed by atoms with Crippen LogP contribution in [0.5, 0.6) is 0 Å². The van der Waals surface area contributed by atoms with Gasteiger partial charge in [0.25, 0.3) is 0 Å². The third kappa shape index (κ3) is 20.7. The molecule has 0 unspecified atom stereocenters. The van der Waals surface area contributed by atoms with Gasteiger partial charge in [0, 0.05) is 12.8 Å². The monoisotopic (exact) mass is 305 g/mol. The normalized spacial score (nSPS) is 10.4. The average Bonchev–Trinajstić information content (AvgIpc) is 2.44. The Hall–Kier alpha value is 0.670. The first kappa shape index (κ1) is 23.9. The molecule has 121 valence electrons. The summed E-state index contributed by atoms with van der Waals surface area (Å²) in [4.78, 5) is 11.3. The molecule has 0 saturated heterocycles. The second kappa shape index (κ2) is 20.7. The summed E-state index contributed by atoms with van der Waals surface area (Å²) in [6, 6.07) is 0. The van der Waals surface area contributed by atoms with Crippen molar-refractivity contribution >= 4 is 35.3 Å². The standard InChI is InChI=1S/C19H37O.Na.H/c1-3-5-6-7-8-9-10-11-12-13-14-15-16-18-19(20)17-4-2;;/h2-18H2,1H3;;. The zero-order chi connectivity index (χ0) is 14.9. The average molecular weight is 306 g/mol. The fraction of sp³-hybridized carbons (Fsp3) is 0.895. The molecule has 0 saturated carbocycles. The van der Waals surface area contributed by atoms with E-state index in [4.69, 9.17) is 0 Å². The molecule has 0 bridgehead atoms. The van der Waals surface area contributed by atoms with Gasteiger partial charge in [0.2, 0.25) is 0 Å². The van der Waals surface area contributed by atoms with Crippen LogP contribution in [0.4, 0.5) is 0 Å². The van der Waals surface area contributed by atoms with E-state index in [1.807, 2.05) is 0 Å². The molecule has 0 aliphatic rings. The van der Waals surface area contributed by atoms with E-state index in [9.17, 15) is 4.79 Å². The molecule has 0 aliphatic heterocycles. The van der Waals surface area contributed by atoms with Gasteiger partial charge < -0.3 is 0 Å². The van der Waals surface area contributed by atoms with Crippen molar-refractivity contribution in [3.8, 4) is 0 Å². The van der Waals surface area contributed by atoms with Crippen LogP contribution >= 0.6 is 0 Å². The Kier molecular flexibility index (Phi) is 23.6. The summed E-state index contributed by atoms with van der Waals surface area (Å²) in [5, 5.41) is 0. The van der Waals surface area contributed by atoms with Crippen LogP contribution in [-0.4, -0.2) is 35.3 Å². The van der Waals surface area contributed by atoms with Gasteiger partial charge in [0.1, 0.15) is 5.78 Å². The van der Waals surface area contributed by atoms with Gasteiger partial charge in [0.15, 0.2) is 0 Å². The molecule has 21 heavy (non-hydrogen) atoms. The van der Waals surface area contributed by atoms with Crippen LogP contribution in [-0.2, 0) is 4.79 Å². The van der Waals surface area contributed by atoms with E-state index in [1.165, 1.54) is 77.0 Å². The summed E-state index contributed by atoms with van der Waals surface area (Å²) in [5.41, 5.74) is 0. The molecular formula is C19H38NaO. The minimum absolute atomic E-state index is 0. The third-order valence-corrected chi connectivity index (χ3v) is 4.01. The summed E-state index contributed by atoms with van der Waals surface area (Å²) in [6.07, 6.45) is 20.0. The van der Waals surface area contributed by atoms with Crippen LogP contribution in [0.25, 0.3) is 0 Å². The Labute approximate surface area is 156 Å². The van der Waals surface area contributed by atoms with Crippen LogP contribution in [0.3, 0.4) is 0 Å². The number of rotatable bonds is 16. The minimum atomic E-state index is 0. The quantitative estimate of drug-likeness (QED) is 0.252. The van der Waals surface area contributed by atoms with Crippen molar-refractivity contribution in [1.82, 2.24) is 0 Å². The SMILES string of the molecule is [CH2]CCC(=O)CCCCCCCCCCCCCCC.[NaH]. The van der Waals surface area contributed by atoms with E-state index in [0.717, 1.165) is 19.3 Å². The summed E-state index contributed by atoms with van der Waals surface area (Å²) >= 11 is 0. The van der Waals surface area contributed by atoms with Gasteiger partial charge in [-0.25, -0.2) is 0 Å². The van der Waals surface area contributed by atoms with Gasteiger partial charge >= 0.3 is 29.6 Å². The van der Waals surface area contributed by atoms with Gasteiger partial charge in [-0.15, -0.1) is 0 Å². The Balaban J connectivity index is 0. The van der Waals surface area contributed by atoms with E-state index in [-0.39, 0.29) is 29.6 Å². The van der Waals surface area contributed by atoms with Crippen molar-refractivity contribution in [3.05, 3.63) is 6.92 Å². The van der Waals surface area contributed by atoms with Gasteiger partial charge in [0.05, 0.1) is 0 Å². The number of Topliss-reactive ketones (excluding diaryl/α,β-unsaturated/α-hetero) is 1. The number of carbonyl (C=O) groups excluding carboxylic acids is 1. The zero-order valence-electron chi connectivity index (χ0n) is 13.9. The molecule has 1 nitrogen and oxygen atoms in total. The van der Waals surface area contributed by atoms with E-state index in [0.29, 0.717) is 12.2 Å². The van der Waals surface area contributed by atoms with Crippen LogP contribution in [0.1, 0.15) is 110 Å². The Morgan fingerprint density at radius 2 is 1.05 bits per heavy atom. The maximum atomic E-state index is 11.3. The first-order chi connectivity index (χ1) is 9.81. The molecule has 0 aliphatic carbocycles. The zero-order valence-corrected chi connectivity index (χ0v) is 13.9. The number of hydrogen-bond acceptors (Lipinski definition) is 1. The number of hydrogen-bond donors (Lipinski definition) is 0. The summed E-state index contributed by atoms with van der Waals surface area (Å²) in [6.45, 7) is 5.99. The number of ketones is 1. The van der Waals surface area contributed by atoms with Crippen molar-refractivity contribution < 1.29 is 4.79 Å². The topological polar surface area (TPSA) is 17.1 Å². The van der Waals surface area contributed by atoms with E-state index < -0.39 is 0 Å². The molecule has 0 fully saturated rings. The summed E-state index contributed by atoms with van der Waals surface area (Å²) < 4.78 is 0. The fourth-order valence-corrected chi connectivity index (χ4v) is 2.66. The summed E-state index contributed by atoms with van der Waals surface area (Å²) in [7, 11) is 0. The third-order valence-electron chi connectivity index (χ3n) is 4.01. The molecule has 0 aromatic carbocycles. The second-order valence-corrected chi connectivity index (χ2v) is 6.13. The molecule has 0 heterocycles. The molecule has 2 heteroatoms. The molecule has 1 radical (unpaired) electrons. The molecule has 0 N–H and O–H groups in total. The van der Waals surface area contributed by atoms with Crippen molar-refractivity contribution in [2.45, 2.75) is 110 Å². The van der Waals surface area contributed by atoms with Crippen molar-refractivity contribution in [2.24, 2.45) is 0 Å². The second-order valence-electron chi connectivity index (χ2n) is 6.13. The predicted molar refractivity (Wildman–Crippen MR) is 97.1 cm³/mol. The van der Waals surface area contributed by atoms with Gasteiger partial charge in [-0.05, 0) is 12.8 Å². The van der Waals surface area contributed by atoms with Crippen molar-refractivity contribution in [3.63, 3.8) is 0 Å². The summed E-state index contributed by atoms with van der Waals surface area (Å²) in [5.74, 6) is 0.406. The molecule has 0 aromatic rings. The maximum absolute atomic E-state index is 11.3. The van der Waals surface area contributed by atoms with E-state index in [2.05, 4.69) is 13.8 Å². The number of carbonyl (C=O) groups is 1. The van der Waals surface area contributed by atoms with Crippen LogP contribution in [0, 0.1) is 6.92 Å². The van der Waals surface area contributed by atoms with Crippen LogP contribution in [0.2, 0.25) is 0 Å².